The van der Waals surface area contributed by atoms with E-state index in [9.17, 15) is 14.7 Å². The number of benzene rings is 2. The van der Waals surface area contributed by atoms with Crippen molar-refractivity contribution in [3.05, 3.63) is 93.2 Å². The van der Waals surface area contributed by atoms with Gasteiger partial charge < -0.3 is 21.1 Å². The maximum Gasteiger partial charge on any atom is 0.254 e. The van der Waals surface area contributed by atoms with Crippen LogP contribution >= 0.6 is 11.3 Å². The zero-order valence-electron chi connectivity index (χ0n) is 21.9. The minimum Gasteiger partial charge on any atom is -0.391 e. The molecule has 0 unspecified atom stereocenters. The summed E-state index contributed by atoms with van der Waals surface area (Å²) in [6, 6.07) is 19.1. The molecule has 198 valence electrons. The molecule has 6 nitrogen and oxygen atoms in total. The fraction of sp³-hybridized carbons (Fsp3) is 0.400. The molecular formula is C30H39N3O3S. The molecule has 0 bridgehead atoms. The molecule has 0 fully saturated rings. The Balaban J connectivity index is 1.97. The highest BCUT2D eigenvalue weighted by molar-refractivity contribution is 7.09. The second-order valence-electron chi connectivity index (χ2n) is 9.32. The van der Waals surface area contributed by atoms with Crippen molar-refractivity contribution in [2.24, 2.45) is 5.73 Å². The van der Waals surface area contributed by atoms with E-state index in [2.05, 4.69) is 16.8 Å². The number of nitrogens with zero attached hydrogens (tertiary/aromatic N) is 1. The summed E-state index contributed by atoms with van der Waals surface area (Å²) in [6.07, 6.45) is 2.18. The lowest BCUT2D eigenvalue weighted by Gasteiger charge is -2.29. The fourth-order valence-corrected chi connectivity index (χ4v) is 5.46. The molecule has 1 heterocycles. The topological polar surface area (TPSA) is 95.7 Å². The quantitative estimate of drug-likeness (QED) is 0.254. The molecule has 3 rings (SSSR count). The van der Waals surface area contributed by atoms with Crippen LogP contribution in [-0.2, 0) is 12.8 Å². The average Bonchev–Trinajstić information content (AvgIpc) is 3.43. The number of primary amides is 1. The molecular weight excluding hydrogens is 482 g/mol. The molecule has 0 aliphatic heterocycles. The smallest absolute Gasteiger partial charge is 0.254 e. The van der Waals surface area contributed by atoms with Gasteiger partial charge in [0.1, 0.15) is 0 Å². The first-order valence-corrected chi connectivity index (χ1v) is 14.0. The minimum absolute atomic E-state index is 0.127. The highest BCUT2D eigenvalue weighted by atomic mass is 32.1. The van der Waals surface area contributed by atoms with Crippen molar-refractivity contribution in [1.82, 2.24) is 10.2 Å². The molecule has 37 heavy (non-hydrogen) atoms. The van der Waals surface area contributed by atoms with Crippen LogP contribution in [0.5, 0.6) is 0 Å². The van der Waals surface area contributed by atoms with Gasteiger partial charge in [0, 0.05) is 48.1 Å². The second-order valence-corrected chi connectivity index (χ2v) is 10.4. The number of rotatable bonds is 15. The van der Waals surface area contributed by atoms with Crippen LogP contribution in [0.1, 0.15) is 69.3 Å². The van der Waals surface area contributed by atoms with E-state index in [-0.39, 0.29) is 11.5 Å². The van der Waals surface area contributed by atoms with E-state index >= 15 is 0 Å². The summed E-state index contributed by atoms with van der Waals surface area (Å²) in [5.74, 6) is -1.22. The molecule has 0 aliphatic rings. The largest absolute Gasteiger partial charge is 0.391 e. The summed E-state index contributed by atoms with van der Waals surface area (Å²) in [7, 11) is 0. The van der Waals surface area contributed by atoms with Crippen LogP contribution in [0.15, 0.2) is 66.0 Å². The maximum atomic E-state index is 13.8. The lowest BCUT2D eigenvalue weighted by Crippen LogP contribution is -2.38. The second kappa shape index (κ2) is 14.7. The lowest BCUT2D eigenvalue weighted by atomic mass is 9.81. The van der Waals surface area contributed by atoms with Crippen LogP contribution in [0.25, 0.3) is 0 Å². The first-order chi connectivity index (χ1) is 18.0. The number of nitrogens with one attached hydrogen (secondary N) is 1. The van der Waals surface area contributed by atoms with Crippen LogP contribution in [0.4, 0.5) is 0 Å². The highest BCUT2D eigenvalue weighted by Crippen LogP contribution is 2.32. The van der Waals surface area contributed by atoms with Crippen molar-refractivity contribution >= 4 is 23.2 Å². The molecule has 0 saturated carbocycles. The Morgan fingerprint density at radius 1 is 0.973 bits per heavy atom. The predicted molar refractivity (Wildman–Crippen MR) is 151 cm³/mol. The molecule has 0 aliphatic carbocycles. The minimum atomic E-state index is -0.832. The van der Waals surface area contributed by atoms with Crippen LogP contribution < -0.4 is 11.1 Å². The Labute approximate surface area is 224 Å². The van der Waals surface area contributed by atoms with Gasteiger partial charge in [0.05, 0.1) is 6.10 Å². The third kappa shape index (κ3) is 7.99. The molecule has 7 heteroatoms. The monoisotopic (exact) mass is 521 g/mol. The van der Waals surface area contributed by atoms with E-state index in [1.165, 1.54) is 4.88 Å². The molecule has 4 N–H and O–H groups in total. The standard InChI is InChI=1S/C30H39N3O3S/c1-3-17-33(18-4-2)30(36)25-14-8-13-24(29(31)35)28(25)26(20-22-10-6-5-7-11-22)27(34)21-32-16-15-23-12-9-19-37-23/h5-14,19,26-27,32,34H,3-4,15-18,20-21H2,1-2H3,(H2,31,35)/t26-,27+/m1/s1. The van der Waals surface area contributed by atoms with Gasteiger partial charge in [-0.3, -0.25) is 9.59 Å². The average molecular weight is 522 g/mol. The van der Waals surface area contributed by atoms with Crippen molar-refractivity contribution in [3.8, 4) is 0 Å². The number of amides is 2. The number of hydrogen-bond acceptors (Lipinski definition) is 5. The Kier molecular flexibility index (Phi) is 11.3. The van der Waals surface area contributed by atoms with Crippen molar-refractivity contribution in [3.63, 3.8) is 0 Å². The first kappa shape index (κ1) is 28.6. The van der Waals surface area contributed by atoms with E-state index in [0.717, 1.165) is 31.4 Å². The number of carbonyl (C=O) groups excluding carboxylic acids is 2. The summed E-state index contributed by atoms with van der Waals surface area (Å²) < 4.78 is 0. The molecule has 0 spiro atoms. The number of aliphatic hydroxyl groups excluding tert-OH is 1. The normalized spacial score (nSPS) is 12.7. The molecule has 2 atom stereocenters. The molecule has 2 amide bonds. The predicted octanol–water partition coefficient (Wildman–Crippen LogP) is 4.63. The number of carbonyl (C=O) groups is 2. The van der Waals surface area contributed by atoms with Gasteiger partial charge in [-0.25, -0.2) is 0 Å². The van der Waals surface area contributed by atoms with Gasteiger partial charge in [0.2, 0.25) is 5.91 Å². The summed E-state index contributed by atoms with van der Waals surface area (Å²) in [4.78, 5) is 29.5. The summed E-state index contributed by atoms with van der Waals surface area (Å²) >= 11 is 1.71. The van der Waals surface area contributed by atoms with Crippen LogP contribution in [0.3, 0.4) is 0 Å². The van der Waals surface area contributed by atoms with Gasteiger partial charge in [0.25, 0.3) is 5.91 Å². The molecule has 0 radical (unpaired) electrons. The number of aliphatic hydroxyl groups is 1. The summed E-state index contributed by atoms with van der Waals surface area (Å²) in [5.41, 5.74) is 8.11. The number of hydrogen-bond donors (Lipinski definition) is 3. The van der Waals surface area contributed by atoms with E-state index in [0.29, 0.717) is 37.2 Å². The van der Waals surface area contributed by atoms with Gasteiger partial charge in [0.15, 0.2) is 0 Å². The first-order valence-electron chi connectivity index (χ1n) is 13.1. The Bertz CT molecular complexity index is 1110. The fourth-order valence-electron chi connectivity index (χ4n) is 4.75. The Morgan fingerprint density at radius 3 is 2.30 bits per heavy atom. The van der Waals surface area contributed by atoms with Crippen LogP contribution in [0, 0.1) is 0 Å². The van der Waals surface area contributed by atoms with Gasteiger partial charge in [-0.1, -0.05) is 56.3 Å². The van der Waals surface area contributed by atoms with Gasteiger partial charge in [-0.2, -0.15) is 0 Å². The van der Waals surface area contributed by atoms with Crippen LogP contribution in [-0.4, -0.2) is 54.1 Å². The molecule has 3 aromatic rings. The number of thiophene rings is 1. The molecule has 0 saturated heterocycles. The van der Waals surface area contributed by atoms with E-state index in [1.807, 2.05) is 55.1 Å². The Morgan fingerprint density at radius 2 is 1.68 bits per heavy atom. The zero-order chi connectivity index (χ0) is 26.6. The molecule has 2 aromatic carbocycles. The number of nitrogens with two attached hydrogens (primary N) is 1. The van der Waals surface area contributed by atoms with Crippen molar-refractivity contribution in [2.45, 2.75) is 51.6 Å². The third-order valence-corrected chi connectivity index (χ3v) is 7.43. The third-order valence-electron chi connectivity index (χ3n) is 6.49. The van der Waals surface area contributed by atoms with Crippen LogP contribution in [0.2, 0.25) is 0 Å². The van der Waals surface area contributed by atoms with Gasteiger partial charge >= 0.3 is 0 Å². The summed E-state index contributed by atoms with van der Waals surface area (Å²) in [6.45, 7) is 6.39. The molecule has 1 aromatic heterocycles. The van der Waals surface area contributed by atoms with Crippen molar-refractivity contribution < 1.29 is 14.7 Å². The van der Waals surface area contributed by atoms with E-state index in [4.69, 9.17) is 5.73 Å². The van der Waals surface area contributed by atoms with Crippen molar-refractivity contribution in [2.75, 3.05) is 26.2 Å². The van der Waals surface area contributed by atoms with Gasteiger partial charge in [-0.05, 0) is 60.4 Å². The lowest BCUT2D eigenvalue weighted by molar-refractivity contribution is 0.0751. The maximum absolute atomic E-state index is 13.8. The highest BCUT2D eigenvalue weighted by Gasteiger charge is 2.31. The van der Waals surface area contributed by atoms with Crippen molar-refractivity contribution in [1.29, 1.82) is 0 Å². The zero-order valence-corrected chi connectivity index (χ0v) is 22.7. The van der Waals surface area contributed by atoms with E-state index < -0.39 is 17.9 Å². The van der Waals surface area contributed by atoms with Gasteiger partial charge in [-0.15, -0.1) is 11.3 Å². The Hall–Kier alpha value is -3.00. The van der Waals surface area contributed by atoms with E-state index in [1.54, 1.807) is 29.5 Å². The summed E-state index contributed by atoms with van der Waals surface area (Å²) in [5, 5.41) is 16.9. The SMILES string of the molecule is CCCN(CCC)C(=O)c1cccc(C(N)=O)c1[C@H](Cc1ccccc1)[C@@H](O)CNCCc1cccs1.